The Morgan fingerprint density at radius 1 is 1.50 bits per heavy atom. The summed E-state index contributed by atoms with van der Waals surface area (Å²) in [6.45, 7) is 5.32. The highest BCUT2D eigenvalue weighted by Crippen LogP contribution is 2.34. The first-order chi connectivity index (χ1) is 7.18. The lowest BCUT2D eigenvalue weighted by Gasteiger charge is -2.20. The lowest BCUT2D eigenvalue weighted by atomic mass is 10.2. The van der Waals surface area contributed by atoms with Crippen LogP contribution in [0.4, 0.5) is 8.78 Å². The van der Waals surface area contributed by atoms with Crippen molar-refractivity contribution in [3.8, 4) is 0 Å². The van der Waals surface area contributed by atoms with E-state index in [-0.39, 0.29) is 25.4 Å². The van der Waals surface area contributed by atoms with Crippen LogP contribution in [0.3, 0.4) is 0 Å². The van der Waals surface area contributed by atoms with E-state index in [9.17, 15) is 13.6 Å². The minimum atomic E-state index is -2.58. The van der Waals surface area contributed by atoms with Gasteiger partial charge >= 0.3 is 5.97 Å². The largest absolute Gasteiger partial charge is 0.459 e. The van der Waals surface area contributed by atoms with Gasteiger partial charge in [0.15, 0.2) is 0 Å². The summed E-state index contributed by atoms with van der Waals surface area (Å²) in [6, 6.07) is -0.275. The summed E-state index contributed by atoms with van der Waals surface area (Å²) in [5, 5.41) is 2.81. The number of esters is 1. The second kappa shape index (κ2) is 4.65. The van der Waals surface area contributed by atoms with Crippen LogP contribution in [0.5, 0.6) is 0 Å². The highest BCUT2D eigenvalue weighted by atomic mass is 19.3. The number of nitrogens with one attached hydrogen (secondary N) is 1. The summed E-state index contributed by atoms with van der Waals surface area (Å²) in [4.78, 5) is 11.3. The molecule has 0 aromatic carbocycles. The van der Waals surface area contributed by atoms with Gasteiger partial charge in [-0.3, -0.25) is 4.79 Å². The third-order valence-corrected chi connectivity index (χ3v) is 2.36. The third kappa shape index (κ3) is 4.88. The molecule has 94 valence electrons. The van der Waals surface area contributed by atoms with Crippen molar-refractivity contribution in [2.45, 2.75) is 57.6 Å². The molecule has 0 saturated heterocycles. The van der Waals surface area contributed by atoms with Crippen molar-refractivity contribution in [1.82, 2.24) is 5.32 Å². The normalized spacial score (nSPS) is 24.4. The number of alkyl halides is 2. The van der Waals surface area contributed by atoms with Crippen molar-refractivity contribution in [2.24, 2.45) is 0 Å². The molecule has 1 rings (SSSR count). The number of ether oxygens (including phenoxy) is 1. The zero-order chi connectivity index (χ0) is 12.4. The summed E-state index contributed by atoms with van der Waals surface area (Å²) >= 11 is 0. The third-order valence-electron chi connectivity index (χ3n) is 2.36. The van der Waals surface area contributed by atoms with Crippen LogP contribution in [0.1, 0.15) is 40.0 Å². The number of halogens is 2. The maximum Gasteiger partial charge on any atom is 0.320 e. The molecule has 3 nitrogen and oxygen atoms in total. The molecule has 5 heteroatoms. The molecule has 0 radical (unpaired) electrons. The van der Waals surface area contributed by atoms with Crippen LogP contribution in [-0.4, -0.2) is 30.1 Å². The molecule has 1 N–H and O–H groups in total. The van der Waals surface area contributed by atoms with Crippen LogP contribution < -0.4 is 5.32 Å². The van der Waals surface area contributed by atoms with Gasteiger partial charge in [0.1, 0.15) is 5.60 Å². The Labute approximate surface area is 94.5 Å². The first-order valence-electron chi connectivity index (χ1n) is 5.51. The molecule has 1 aliphatic carbocycles. The van der Waals surface area contributed by atoms with Gasteiger partial charge in [0.2, 0.25) is 5.92 Å². The zero-order valence-corrected chi connectivity index (χ0v) is 9.98. The number of carbonyl (C=O) groups excluding carboxylic acids is 1. The second-order valence-electron chi connectivity index (χ2n) is 5.26. The van der Waals surface area contributed by atoms with Crippen LogP contribution >= 0.6 is 0 Å². The van der Waals surface area contributed by atoms with E-state index in [0.717, 1.165) is 0 Å². The van der Waals surface area contributed by atoms with E-state index in [1.54, 1.807) is 20.8 Å². The van der Waals surface area contributed by atoms with E-state index in [4.69, 9.17) is 4.74 Å². The molecule has 0 spiro atoms. The molecular formula is C11H19F2NO2. The van der Waals surface area contributed by atoms with Crippen molar-refractivity contribution >= 4 is 5.97 Å². The summed E-state index contributed by atoms with van der Waals surface area (Å²) in [6.07, 6.45) is 0.130. The van der Waals surface area contributed by atoms with E-state index in [1.807, 2.05) is 0 Å². The first kappa shape index (κ1) is 13.4. The van der Waals surface area contributed by atoms with Gasteiger partial charge in [-0.15, -0.1) is 0 Å². The molecule has 0 aliphatic heterocycles. The van der Waals surface area contributed by atoms with Crippen molar-refractivity contribution < 1.29 is 18.3 Å². The summed E-state index contributed by atoms with van der Waals surface area (Å²) in [5.41, 5.74) is -0.529. The molecule has 1 fully saturated rings. The average Bonchev–Trinajstić information content (AvgIpc) is 2.39. The lowest BCUT2D eigenvalue weighted by molar-refractivity contribution is -0.153. The molecule has 1 aliphatic rings. The fourth-order valence-corrected chi connectivity index (χ4v) is 1.73. The van der Waals surface area contributed by atoms with Gasteiger partial charge in [-0.1, -0.05) is 0 Å². The van der Waals surface area contributed by atoms with Gasteiger partial charge in [0.05, 0.1) is 6.54 Å². The highest BCUT2D eigenvalue weighted by Gasteiger charge is 2.39. The number of rotatable bonds is 3. The van der Waals surface area contributed by atoms with E-state index >= 15 is 0 Å². The fraction of sp³-hybridized carbons (Fsp3) is 0.909. The van der Waals surface area contributed by atoms with Crippen molar-refractivity contribution in [3.05, 3.63) is 0 Å². The van der Waals surface area contributed by atoms with Gasteiger partial charge in [0.25, 0.3) is 0 Å². The number of carbonyl (C=O) groups is 1. The minimum absolute atomic E-state index is 0.00197. The van der Waals surface area contributed by atoms with Crippen LogP contribution in [0.2, 0.25) is 0 Å². The number of hydrogen-bond donors (Lipinski definition) is 1. The van der Waals surface area contributed by atoms with Gasteiger partial charge in [0, 0.05) is 18.9 Å². The second-order valence-corrected chi connectivity index (χ2v) is 5.26. The minimum Gasteiger partial charge on any atom is -0.459 e. The topological polar surface area (TPSA) is 38.3 Å². The molecule has 16 heavy (non-hydrogen) atoms. The average molecular weight is 235 g/mol. The zero-order valence-electron chi connectivity index (χ0n) is 9.98. The molecule has 0 bridgehead atoms. The maximum atomic E-state index is 12.8. The van der Waals surface area contributed by atoms with E-state index in [1.165, 1.54) is 0 Å². The summed E-state index contributed by atoms with van der Waals surface area (Å²) in [5.74, 6) is -2.98. The van der Waals surface area contributed by atoms with Crippen LogP contribution in [0, 0.1) is 0 Å². The molecule has 1 atom stereocenters. The molecule has 0 heterocycles. The molecule has 0 aromatic heterocycles. The van der Waals surface area contributed by atoms with Crippen molar-refractivity contribution in [1.29, 1.82) is 0 Å². The van der Waals surface area contributed by atoms with E-state index in [2.05, 4.69) is 5.32 Å². The fourth-order valence-electron chi connectivity index (χ4n) is 1.73. The molecule has 0 aromatic rings. The van der Waals surface area contributed by atoms with Gasteiger partial charge in [-0.05, 0) is 27.2 Å². The maximum absolute atomic E-state index is 12.8. The highest BCUT2D eigenvalue weighted by molar-refractivity contribution is 5.72. The molecule has 0 unspecified atom stereocenters. The lowest BCUT2D eigenvalue weighted by Crippen LogP contribution is -2.36. The van der Waals surface area contributed by atoms with E-state index in [0.29, 0.717) is 6.42 Å². The quantitative estimate of drug-likeness (QED) is 0.761. The van der Waals surface area contributed by atoms with Crippen molar-refractivity contribution in [2.75, 3.05) is 6.54 Å². The van der Waals surface area contributed by atoms with Crippen LogP contribution in [-0.2, 0) is 9.53 Å². The molecular weight excluding hydrogens is 216 g/mol. The predicted molar refractivity (Wildman–Crippen MR) is 56.4 cm³/mol. The van der Waals surface area contributed by atoms with Gasteiger partial charge < -0.3 is 10.1 Å². The standard InChI is InChI=1S/C11H19F2NO2/c1-10(2,3)16-9(15)7-14-8-4-5-11(12,13)6-8/h8,14H,4-7H2,1-3H3/t8-/m1/s1. The Balaban J connectivity index is 2.23. The Kier molecular flexibility index (Phi) is 3.88. The Morgan fingerprint density at radius 3 is 2.56 bits per heavy atom. The molecule has 1 saturated carbocycles. The SMILES string of the molecule is CC(C)(C)OC(=O)CN[C@@H]1CCC(F)(F)C1. The van der Waals surface area contributed by atoms with Gasteiger partial charge in [-0.25, -0.2) is 8.78 Å². The molecule has 0 amide bonds. The monoisotopic (exact) mass is 235 g/mol. The van der Waals surface area contributed by atoms with Gasteiger partial charge in [-0.2, -0.15) is 0 Å². The van der Waals surface area contributed by atoms with Crippen molar-refractivity contribution in [3.63, 3.8) is 0 Å². The van der Waals surface area contributed by atoms with Crippen LogP contribution in [0.25, 0.3) is 0 Å². The Morgan fingerprint density at radius 2 is 2.12 bits per heavy atom. The van der Waals surface area contributed by atoms with E-state index < -0.39 is 17.5 Å². The smallest absolute Gasteiger partial charge is 0.320 e. The van der Waals surface area contributed by atoms with Crippen LogP contribution in [0.15, 0.2) is 0 Å². The number of hydrogen-bond acceptors (Lipinski definition) is 3. The summed E-state index contributed by atoms with van der Waals surface area (Å²) in [7, 11) is 0. The summed E-state index contributed by atoms with van der Waals surface area (Å²) < 4.78 is 30.7. The first-order valence-corrected chi connectivity index (χ1v) is 5.51. The Hall–Kier alpha value is -0.710. The Bertz CT molecular complexity index is 261. The predicted octanol–water partition coefficient (Wildman–Crippen LogP) is 2.11.